The first-order chi connectivity index (χ1) is 10.8. The van der Waals surface area contributed by atoms with E-state index in [-0.39, 0.29) is 12.1 Å². The molecular weight excluding hydrogens is 312 g/mol. The number of aliphatic hydroxyl groups excluding tert-OH is 1. The van der Waals surface area contributed by atoms with Crippen LogP contribution in [0.25, 0.3) is 0 Å². The number of ether oxygens (including phenoxy) is 1. The molecule has 1 aliphatic rings. The zero-order valence-electron chi connectivity index (χ0n) is 14.4. The number of hydrogen-bond acceptors (Lipinski definition) is 5. The van der Waals surface area contributed by atoms with Crippen molar-refractivity contribution in [1.82, 2.24) is 10.2 Å². The molecule has 0 bridgehead atoms. The number of aliphatic hydroxyl groups is 1. The quantitative estimate of drug-likeness (QED) is 0.884. The SMILES string of the molecule is CC1CCN(C(=O)OC(C)(C)C)CC1NCC(O)c1ccsc1. The van der Waals surface area contributed by atoms with E-state index in [2.05, 4.69) is 12.2 Å². The summed E-state index contributed by atoms with van der Waals surface area (Å²) in [5.41, 5.74) is 0.466. The molecule has 1 saturated heterocycles. The second-order valence-electron chi connectivity index (χ2n) is 7.28. The first-order valence-corrected chi connectivity index (χ1v) is 9.12. The van der Waals surface area contributed by atoms with Crippen LogP contribution in [0, 0.1) is 5.92 Å². The van der Waals surface area contributed by atoms with Crippen LogP contribution >= 0.6 is 11.3 Å². The molecule has 0 aromatic carbocycles. The summed E-state index contributed by atoms with van der Waals surface area (Å²) < 4.78 is 5.46. The third-order valence-corrected chi connectivity index (χ3v) is 4.81. The van der Waals surface area contributed by atoms with Crippen molar-refractivity contribution >= 4 is 17.4 Å². The Labute approximate surface area is 142 Å². The van der Waals surface area contributed by atoms with Gasteiger partial charge in [0.1, 0.15) is 5.60 Å². The van der Waals surface area contributed by atoms with Crippen LogP contribution in [0.5, 0.6) is 0 Å². The molecule has 0 radical (unpaired) electrons. The summed E-state index contributed by atoms with van der Waals surface area (Å²) in [5, 5.41) is 17.5. The van der Waals surface area contributed by atoms with E-state index in [4.69, 9.17) is 4.74 Å². The second kappa shape index (κ2) is 7.64. The highest BCUT2D eigenvalue weighted by atomic mass is 32.1. The minimum absolute atomic E-state index is 0.171. The van der Waals surface area contributed by atoms with Crippen molar-refractivity contribution < 1.29 is 14.6 Å². The monoisotopic (exact) mass is 340 g/mol. The smallest absolute Gasteiger partial charge is 0.410 e. The van der Waals surface area contributed by atoms with E-state index in [9.17, 15) is 9.90 Å². The van der Waals surface area contributed by atoms with E-state index in [1.165, 1.54) is 0 Å². The Hall–Kier alpha value is -1.11. The molecule has 3 atom stereocenters. The fraction of sp³-hybridized carbons (Fsp3) is 0.706. The second-order valence-corrected chi connectivity index (χ2v) is 8.06. The molecule has 1 fully saturated rings. The number of hydrogen-bond donors (Lipinski definition) is 2. The highest BCUT2D eigenvalue weighted by Crippen LogP contribution is 2.21. The number of likely N-dealkylation sites (tertiary alicyclic amines) is 1. The van der Waals surface area contributed by atoms with Crippen LogP contribution in [0.15, 0.2) is 16.8 Å². The maximum absolute atomic E-state index is 12.2. The lowest BCUT2D eigenvalue weighted by Crippen LogP contribution is -2.53. The number of amides is 1. The van der Waals surface area contributed by atoms with E-state index in [1.807, 2.05) is 37.6 Å². The molecule has 1 aromatic rings. The predicted octanol–water partition coefficient (Wildman–Crippen LogP) is 3.02. The maximum atomic E-state index is 12.2. The molecule has 2 rings (SSSR count). The summed E-state index contributed by atoms with van der Waals surface area (Å²) in [5.74, 6) is 0.461. The lowest BCUT2D eigenvalue weighted by Gasteiger charge is -2.38. The van der Waals surface area contributed by atoms with Gasteiger partial charge < -0.3 is 20.1 Å². The van der Waals surface area contributed by atoms with E-state index in [0.29, 0.717) is 19.0 Å². The Kier molecular flexibility index (Phi) is 6.06. The van der Waals surface area contributed by atoms with Gasteiger partial charge in [-0.25, -0.2) is 4.79 Å². The largest absolute Gasteiger partial charge is 0.444 e. The van der Waals surface area contributed by atoms with Gasteiger partial charge >= 0.3 is 6.09 Å². The fourth-order valence-electron chi connectivity index (χ4n) is 2.67. The van der Waals surface area contributed by atoms with Crippen LogP contribution in [-0.2, 0) is 4.74 Å². The average Bonchev–Trinajstić information content (AvgIpc) is 2.98. The molecule has 1 aliphatic heterocycles. The fourth-order valence-corrected chi connectivity index (χ4v) is 3.38. The molecule has 0 spiro atoms. The van der Waals surface area contributed by atoms with Gasteiger partial charge in [-0.15, -0.1) is 0 Å². The third kappa shape index (κ3) is 5.48. The van der Waals surface area contributed by atoms with Crippen molar-refractivity contribution in [1.29, 1.82) is 0 Å². The molecule has 23 heavy (non-hydrogen) atoms. The summed E-state index contributed by atoms with van der Waals surface area (Å²) in [6, 6.07) is 2.11. The summed E-state index contributed by atoms with van der Waals surface area (Å²) in [6.07, 6.45) is 0.172. The molecule has 2 N–H and O–H groups in total. The molecule has 5 nitrogen and oxygen atoms in total. The topological polar surface area (TPSA) is 61.8 Å². The molecule has 0 saturated carbocycles. The van der Waals surface area contributed by atoms with Gasteiger partial charge in [0.05, 0.1) is 6.10 Å². The highest BCUT2D eigenvalue weighted by molar-refractivity contribution is 7.07. The number of piperidine rings is 1. The number of thiophene rings is 1. The van der Waals surface area contributed by atoms with Crippen molar-refractivity contribution in [2.75, 3.05) is 19.6 Å². The Balaban J connectivity index is 1.86. The normalized spacial score (nSPS) is 23.6. The minimum atomic E-state index is -0.509. The van der Waals surface area contributed by atoms with Crippen LogP contribution < -0.4 is 5.32 Å². The van der Waals surface area contributed by atoms with E-state index in [0.717, 1.165) is 18.5 Å². The molecular formula is C17H28N2O3S. The predicted molar refractivity (Wildman–Crippen MR) is 92.7 cm³/mol. The summed E-state index contributed by atoms with van der Waals surface area (Å²) in [4.78, 5) is 14.0. The van der Waals surface area contributed by atoms with Gasteiger partial charge in [0.15, 0.2) is 0 Å². The number of carbonyl (C=O) groups excluding carboxylic acids is 1. The lowest BCUT2D eigenvalue weighted by atomic mass is 9.93. The van der Waals surface area contributed by atoms with Gasteiger partial charge in [-0.3, -0.25) is 0 Å². The Bertz CT molecular complexity index is 498. The van der Waals surface area contributed by atoms with Crippen LogP contribution in [-0.4, -0.2) is 47.4 Å². The van der Waals surface area contributed by atoms with Gasteiger partial charge in [0.2, 0.25) is 0 Å². The van der Waals surface area contributed by atoms with E-state index < -0.39 is 11.7 Å². The number of carbonyl (C=O) groups is 1. The van der Waals surface area contributed by atoms with Gasteiger partial charge in [0.25, 0.3) is 0 Å². The average molecular weight is 340 g/mol. The maximum Gasteiger partial charge on any atom is 0.410 e. The van der Waals surface area contributed by atoms with Gasteiger partial charge in [-0.2, -0.15) is 11.3 Å². The van der Waals surface area contributed by atoms with E-state index in [1.54, 1.807) is 16.2 Å². The van der Waals surface area contributed by atoms with E-state index >= 15 is 0 Å². The number of rotatable bonds is 4. The summed E-state index contributed by atoms with van der Waals surface area (Å²) in [6.45, 7) is 9.65. The molecule has 130 valence electrons. The van der Waals surface area contributed by atoms with Crippen molar-refractivity contribution in [3.05, 3.63) is 22.4 Å². The Morgan fingerprint density at radius 1 is 1.57 bits per heavy atom. The van der Waals surface area contributed by atoms with Gasteiger partial charge in [0, 0.05) is 25.7 Å². The van der Waals surface area contributed by atoms with Crippen molar-refractivity contribution in [3.8, 4) is 0 Å². The van der Waals surface area contributed by atoms with Crippen molar-refractivity contribution in [2.24, 2.45) is 5.92 Å². The first-order valence-electron chi connectivity index (χ1n) is 8.18. The zero-order valence-corrected chi connectivity index (χ0v) is 15.2. The van der Waals surface area contributed by atoms with Gasteiger partial charge in [-0.05, 0) is 55.5 Å². The lowest BCUT2D eigenvalue weighted by molar-refractivity contribution is 0.0141. The van der Waals surface area contributed by atoms with Crippen LogP contribution in [0.3, 0.4) is 0 Å². The first kappa shape index (κ1) is 18.2. The van der Waals surface area contributed by atoms with Gasteiger partial charge in [-0.1, -0.05) is 6.92 Å². The third-order valence-electron chi connectivity index (χ3n) is 4.11. The molecule has 0 aliphatic carbocycles. The Morgan fingerprint density at radius 3 is 2.91 bits per heavy atom. The van der Waals surface area contributed by atoms with Crippen LogP contribution in [0.2, 0.25) is 0 Å². The molecule has 6 heteroatoms. The van der Waals surface area contributed by atoms with Crippen LogP contribution in [0.1, 0.15) is 45.8 Å². The molecule has 1 aromatic heterocycles. The highest BCUT2D eigenvalue weighted by Gasteiger charge is 2.31. The summed E-state index contributed by atoms with van der Waals surface area (Å²) in [7, 11) is 0. The molecule has 2 heterocycles. The van der Waals surface area contributed by atoms with Crippen molar-refractivity contribution in [3.63, 3.8) is 0 Å². The molecule has 1 amide bonds. The molecule has 3 unspecified atom stereocenters. The minimum Gasteiger partial charge on any atom is -0.444 e. The zero-order chi connectivity index (χ0) is 17.0. The number of nitrogens with zero attached hydrogens (tertiary/aromatic N) is 1. The summed E-state index contributed by atoms with van der Waals surface area (Å²) >= 11 is 1.58. The Morgan fingerprint density at radius 2 is 2.30 bits per heavy atom. The van der Waals surface area contributed by atoms with Crippen molar-refractivity contribution in [2.45, 2.75) is 51.9 Å². The number of nitrogens with one attached hydrogen (secondary N) is 1. The standard InChI is InChI=1S/C17H28N2O3S/c1-12-5-7-19(16(21)22-17(2,3)4)10-14(12)18-9-15(20)13-6-8-23-11-13/h6,8,11-12,14-15,18,20H,5,7,9-10H2,1-4H3. The van der Waals surface area contributed by atoms with Crippen LogP contribution in [0.4, 0.5) is 4.79 Å².